The van der Waals surface area contributed by atoms with Crippen molar-refractivity contribution in [3.8, 4) is 0 Å². The van der Waals surface area contributed by atoms with E-state index in [1.807, 2.05) is 0 Å². The van der Waals surface area contributed by atoms with Gasteiger partial charge in [-0.1, -0.05) is 24.3 Å². The van der Waals surface area contributed by atoms with Crippen LogP contribution < -0.4 is 11.7 Å². The molecule has 0 radical (unpaired) electrons. The molecule has 0 saturated heterocycles. The number of benzene rings is 1. The fourth-order valence-corrected chi connectivity index (χ4v) is 1.81. The van der Waals surface area contributed by atoms with E-state index >= 15 is 0 Å². The molecule has 0 unspecified atom stereocenters. The van der Waals surface area contributed by atoms with Crippen molar-refractivity contribution < 1.29 is 13.0 Å². The van der Waals surface area contributed by atoms with Gasteiger partial charge in [-0.05, 0) is 18.1 Å². The number of rotatable bonds is 3. The normalized spacial score (nSPS) is 10.1. The third-order valence-corrected chi connectivity index (χ3v) is 2.57. The van der Waals surface area contributed by atoms with Gasteiger partial charge in [0.25, 0.3) is 10.1 Å². The molecule has 5 nitrogen and oxygen atoms in total. The van der Waals surface area contributed by atoms with E-state index in [4.69, 9.17) is 4.55 Å². The zero-order chi connectivity index (χ0) is 11.9. The average Bonchev–Trinajstić information content (AvgIpc) is 2.21. The third kappa shape index (κ3) is 4.22. The van der Waals surface area contributed by atoms with Crippen molar-refractivity contribution in [2.24, 2.45) is 11.7 Å². The first kappa shape index (κ1) is 13.8. The first-order valence-electron chi connectivity index (χ1n) is 4.05. The summed E-state index contributed by atoms with van der Waals surface area (Å²) in [5, 5.41) is 0. The van der Waals surface area contributed by atoms with Crippen LogP contribution >= 0.6 is 0 Å². The Balaban J connectivity index is 0.000000921. The Morgan fingerprint density at radius 3 is 2.33 bits per heavy atom. The molecule has 84 valence electrons. The molecule has 0 fully saturated rings. The van der Waals surface area contributed by atoms with Gasteiger partial charge in [-0.2, -0.15) is 8.42 Å². The van der Waals surface area contributed by atoms with Crippen LogP contribution in [-0.2, 0) is 16.5 Å². The van der Waals surface area contributed by atoms with Gasteiger partial charge in [0.05, 0.1) is 4.90 Å². The second-order valence-electron chi connectivity index (χ2n) is 2.58. The van der Waals surface area contributed by atoms with Gasteiger partial charge in [0.15, 0.2) is 0 Å². The summed E-state index contributed by atoms with van der Waals surface area (Å²) in [6.45, 7) is 3.50. The van der Waals surface area contributed by atoms with Crippen LogP contribution in [-0.4, -0.2) is 13.0 Å². The minimum Gasteiger partial charge on any atom is -0.282 e. The van der Waals surface area contributed by atoms with Crippen molar-refractivity contribution >= 4 is 10.1 Å². The van der Waals surface area contributed by atoms with Crippen LogP contribution in [0.2, 0.25) is 0 Å². The Kier molecular flexibility index (Phi) is 5.80. The van der Waals surface area contributed by atoms with Gasteiger partial charge in [-0.25, -0.2) is 0 Å². The standard InChI is InChI=1S/C9H10O3S.H4N2/c1-2-5-8-6-3-4-7-9(8)13(10,11)12;1-2/h2-4,6-7H,1,5H2,(H,10,11,12);1-2H2. The second-order valence-corrected chi connectivity index (χ2v) is 3.97. The molecule has 5 N–H and O–H groups in total. The fourth-order valence-electron chi connectivity index (χ4n) is 1.08. The molecule has 1 aromatic rings. The van der Waals surface area contributed by atoms with Gasteiger partial charge in [-0.3, -0.25) is 16.2 Å². The minimum atomic E-state index is -4.10. The predicted octanol–water partition coefficient (Wildman–Crippen LogP) is 0.481. The molecule has 6 heteroatoms. The smallest absolute Gasteiger partial charge is 0.282 e. The lowest BCUT2D eigenvalue weighted by atomic mass is 10.1. The number of hydrogen-bond donors (Lipinski definition) is 3. The van der Waals surface area contributed by atoms with Gasteiger partial charge < -0.3 is 0 Å². The lowest BCUT2D eigenvalue weighted by molar-refractivity contribution is 0.482. The van der Waals surface area contributed by atoms with Gasteiger partial charge in [0.2, 0.25) is 0 Å². The summed E-state index contributed by atoms with van der Waals surface area (Å²) in [5.74, 6) is 8.00. The summed E-state index contributed by atoms with van der Waals surface area (Å²) >= 11 is 0. The second kappa shape index (κ2) is 6.31. The lowest BCUT2D eigenvalue weighted by Gasteiger charge is -2.02. The van der Waals surface area contributed by atoms with E-state index in [0.717, 1.165) is 0 Å². The molecular formula is C9H14N2O3S. The molecule has 1 aromatic carbocycles. The monoisotopic (exact) mass is 230 g/mol. The Morgan fingerprint density at radius 1 is 1.33 bits per heavy atom. The van der Waals surface area contributed by atoms with E-state index in [2.05, 4.69) is 18.3 Å². The highest BCUT2D eigenvalue weighted by Crippen LogP contribution is 2.15. The molecule has 0 atom stereocenters. The summed E-state index contributed by atoms with van der Waals surface area (Å²) in [7, 11) is -4.10. The van der Waals surface area contributed by atoms with Crippen molar-refractivity contribution in [1.82, 2.24) is 0 Å². The van der Waals surface area contributed by atoms with Gasteiger partial charge in [-0.15, -0.1) is 6.58 Å². The van der Waals surface area contributed by atoms with E-state index in [-0.39, 0.29) is 4.90 Å². The zero-order valence-corrected chi connectivity index (χ0v) is 8.94. The summed E-state index contributed by atoms with van der Waals surface area (Å²) in [4.78, 5) is -0.0464. The number of nitrogens with two attached hydrogens (primary N) is 2. The van der Waals surface area contributed by atoms with Crippen LogP contribution in [0, 0.1) is 0 Å². The Hall–Kier alpha value is -1.21. The van der Waals surface area contributed by atoms with Crippen LogP contribution in [0.25, 0.3) is 0 Å². The van der Waals surface area contributed by atoms with E-state index in [1.165, 1.54) is 6.07 Å². The van der Waals surface area contributed by atoms with E-state index < -0.39 is 10.1 Å². The van der Waals surface area contributed by atoms with Crippen molar-refractivity contribution in [2.45, 2.75) is 11.3 Å². The molecule has 0 saturated carbocycles. The topological polar surface area (TPSA) is 106 Å². The highest BCUT2D eigenvalue weighted by molar-refractivity contribution is 7.85. The Bertz CT molecular complexity index is 415. The molecule has 15 heavy (non-hydrogen) atoms. The molecule has 0 amide bonds. The molecular weight excluding hydrogens is 216 g/mol. The molecule has 1 rings (SSSR count). The third-order valence-electron chi connectivity index (χ3n) is 1.61. The van der Waals surface area contributed by atoms with Gasteiger partial charge in [0.1, 0.15) is 0 Å². The predicted molar refractivity (Wildman–Crippen MR) is 58.5 cm³/mol. The highest BCUT2D eigenvalue weighted by atomic mass is 32.2. The number of hydrogen-bond acceptors (Lipinski definition) is 4. The Morgan fingerprint density at radius 2 is 1.87 bits per heavy atom. The van der Waals surface area contributed by atoms with Crippen LogP contribution in [0.3, 0.4) is 0 Å². The molecule has 0 aromatic heterocycles. The minimum absolute atomic E-state index is 0.0464. The van der Waals surface area contributed by atoms with Crippen molar-refractivity contribution in [3.63, 3.8) is 0 Å². The quantitative estimate of drug-likeness (QED) is 0.303. The number of allylic oxidation sites excluding steroid dienone is 1. The van der Waals surface area contributed by atoms with E-state index in [0.29, 0.717) is 12.0 Å². The maximum Gasteiger partial charge on any atom is 0.294 e. The van der Waals surface area contributed by atoms with Gasteiger partial charge >= 0.3 is 0 Å². The Labute approximate surface area is 89.1 Å². The fraction of sp³-hybridized carbons (Fsp3) is 0.111. The molecule has 0 aliphatic heterocycles. The molecule has 0 aliphatic rings. The van der Waals surface area contributed by atoms with Crippen LogP contribution in [0.4, 0.5) is 0 Å². The molecule has 0 aliphatic carbocycles. The summed E-state index contributed by atoms with van der Waals surface area (Å²) in [6, 6.07) is 6.29. The van der Waals surface area contributed by atoms with Crippen LogP contribution in [0.1, 0.15) is 5.56 Å². The van der Waals surface area contributed by atoms with Gasteiger partial charge in [0, 0.05) is 0 Å². The van der Waals surface area contributed by atoms with Crippen LogP contribution in [0.5, 0.6) is 0 Å². The summed E-state index contributed by atoms with van der Waals surface area (Å²) in [5.41, 5.74) is 0.556. The summed E-state index contributed by atoms with van der Waals surface area (Å²) in [6.07, 6.45) is 2.01. The molecule has 0 spiro atoms. The first-order valence-corrected chi connectivity index (χ1v) is 5.49. The van der Waals surface area contributed by atoms with Crippen molar-refractivity contribution in [2.75, 3.05) is 0 Å². The first-order chi connectivity index (χ1) is 7.05. The van der Waals surface area contributed by atoms with E-state index in [9.17, 15) is 8.42 Å². The molecule has 0 heterocycles. The zero-order valence-electron chi connectivity index (χ0n) is 8.13. The number of hydrazine groups is 1. The summed E-state index contributed by atoms with van der Waals surface area (Å²) < 4.78 is 30.5. The highest BCUT2D eigenvalue weighted by Gasteiger charge is 2.12. The van der Waals surface area contributed by atoms with Crippen molar-refractivity contribution in [3.05, 3.63) is 42.5 Å². The lowest BCUT2D eigenvalue weighted by Crippen LogP contribution is -2.02. The molecule has 0 bridgehead atoms. The maximum absolute atomic E-state index is 10.8. The SMILES string of the molecule is C=CCc1ccccc1S(=O)(=O)O.NN. The van der Waals surface area contributed by atoms with Crippen LogP contribution in [0.15, 0.2) is 41.8 Å². The largest absolute Gasteiger partial charge is 0.294 e. The maximum atomic E-state index is 10.8. The average molecular weight is 230 g/mol. The van der Waals surface area contributed by atoms with Crippen molar-refractivity contribution in [1.29, 1.82) is 0 Å². The van der Waals surface area contributed by atoms with E-state index in [1.54, 1.807) is 24.3 Å².